The molecule has 1 aromatic heterocycles. The van der Waals surface area contributed by atoms with Gasteiger partial charge in [0.1, 0.15) is 12.2 Å². The maximum Gasteiger partial charge on any atom is 0.191 e. The van der Waals surface area contributed by atoms with Crippen LogP contribution in [0, 0.1) is 11.8 Å². The Hall–Kier alpha value is -0.900. The minimum absolute atomic E-state index is 0. The molecule has 0 amide bonds. The maximum absolute atomic E-state index is 4.25. The van der Waals surface area contributed by atoms with E-state index in [-0.39, 0.29) is 24.0 Å². The molecule has 1 aliphatic heterocycles. The molecule has 2 atom stereocenters. The lowest BCUT2D eigenvalue weighted by atomic mass is 9.92. The molecule has 0 aliphatic carbocycles. The molecule has 2 unspecified atom stereocenters. The number of unbranched alkanes of at least 4 members (excludes halogenated alkanes) is 1. The fourth-order valence-electron chi connectivity index (χ4n) is 3.51. The summed E-state index contributed by atoms with van der Waals surface area (Å²) in [6.45, 7) is 10.0. The Morgan fingerprint density at radius 1 is 1.24 bits per heavy atom. The van der Waals surface area contributed by atoms with Crippen LogP contribution in [0.4, 0.5) is 0 Å². The van der Waals surface area contributed by atoms with Gasteiger partial charge in [0.05, 0.1) is 6.54 Å². The van der Waals surface area contributed by atoms with Crippen LogP contribution in [-0.4, -0.2) is 58.9 Å². The highest BCUT2D eigenvalue weighted by molar-refractivity contribution is 14.0. The lowest BCUT2D eigenvalue weighted by Crippen LogP contribution is -2.40. The minimum atomic E-state index is 0. The van der Waals surface area contributed by atoms with E-state index < -0.39 is 0 Å². The number of hydrogen-bond acceptors (Lipinski definition) is 4. The van der Waals surface area contributed by atoms with E-state index in [1.165, 1.54) is 32.5 Å². The molecule has 144 valence electrons. The third-order valence-corrected chi connectivity index (χ3v) is 4.58. The summed E-state index contributed by atoms with van der Waals surface area (Å²) in [7, 11) is 3.69. The number of guanidine groups is 1. The van der Waals surface area contributed by atoms with Gasteiger partial charge >= 0.3 is 0 Å². The summed E-state index contributed by atoms with van der Waals surface area (Å²) in [5, 5.41) is 10.7. The number of aliphatic imine (C=N–C) groups is 1. The van der Waals surface area contributed by atoms with Gasteiger partial charge in [-0.05, 0) is 37.6 Å². The molecule has 1 aliphatic rings. The van der Waals surface area contributed by atoms with Crippen LogP contribution in [0.3, 0.4) is 0 Å². The highest BCUT2D eigenvalue weighted by atomic mass is 127. The second-order valence-corrected chi connectivity index (χ2v) is 7.07. The Morgan fingerprint density at radius 3 is 2.56 bits per heavy atom. The van der Waals surface area contributed by atoms with Gasteiger partial charge in [-0.1, -0.05) is 13.8 Å². The molecule has 0 bridgehead atoms. The zero-order chi connectivity index (χ0) is 17.4. The first-order valence-electron chi connectivity index (χ1n) is 9.08. The summed E-state index contributed by atoms with van der Waals surface area (Å²) in [4.78, 5) is 11.1. The lowest BCUT2D eigenvalue weighted by molar-refractivity contribution is 0.139. The molecule has 1 aromatic rings. The predicted octanol–water partition coefficient (Wildman–Crippen LogP) is 1.86. The van der Waals surface area contributed by atoms with Crippen LogP contribution in [0.5, 0.6) is 0 Å². The Kier molecular flexibility index (Phi) is 10.3. The highest BCUT2D eigenvalue weighted by Gasteiger charge is 2.20. The smallest absolute Gasteiger partial charge is 0.191 e. The molecule has 2 N–H and O–H groups in total. The Bertz CT molecular complexity index is 507. The highest BCUT2D eigenvalue weighted by Crippen LogP contribution is 2.20. The first kappa shape index (κ1) is 22.1. The minimum Gasteiger partial charge on any atom is -0.356 e. The molecule has 0 radical (unpaired) electrons. The van der Waals surface area contributed by atoms with Gasteiger partial charge in [-0.2, -0.15) is 5.10 Å². The van der Waals surface area contributed by atoms with E-state index in [1.807, 2.05) is 7.05 Å². The molecule has 25 heavy (non-hydrogen) atoms. The van der Waals surface area contributed by atoms with Gasteiger partial charge in [-0.15, -0.1) is 24.0 Å². The summed E-state index contributed by atoms with van der Waals surface area (Å²) >= 11 is 0. The fourth-order valence-corrected chi connectivity index (χ4v) is 3.51. The van der Waals surface area contributed by atoms with Crippen molar-refractivity contribution in [1.82, 2.24) is 30.3 Å². The molecule has 7 nitrogen and oxygen atoms in total. The second-order valence-electron chi connectivity index (χ2n) is 7.07. The summed E-state index contributed by atoms with van der Waals surface area (Å²) < 4.78 is 1.76. The van der Waals surface area contributed by atoms with Crippen LogP contribution in [0.15, 0.2) is 11.3 Å². The van der Waals surface area contributed by atoms with Crippen molar-refractivity contribution in [3.8, 4) is 0 Å². The molecule has 0 aromatic carbocycles. The Labute approximate surface area is 169 Å². The molecular weight excluding hydrogens is 429 g/mol. The topological polar surface area (TPSA) is 70.4 Å². The average Bonchev–Trinajstić information content (AvgIpc) is 2.94. The van der Waals surface area contributed by atoms with E-state index in [9.17, 15) is 0 Å². The summed E-state index contributed by atoms with van der Waals surface area (Å²) in [5.41, 5.74) is 0. The van der Waals surface area contributed by atoms with Crippen LogP contribution in [0.25, 0.3) is 0 Å². The molecule has 0 spiro atoms. The number of nitrogens with zero attached hydrogens (tertiary/aromatic N) is 5. The van der Waals surface area contributed by atoms with Crippen LogP contribution < -0.4 is 10.6 Å². The van der Waals surface area contributed by atoms with Crippen molar-refractivity contribution in [2.75, 3.05) is 33.2 Å². The van der Waals surface area contributed by atoms with Crippen molar-refractivity contribution in [1.29, 1.82) is 0 Å². The van der Waals surface area contributed by atoms with Gasteiger partial charge in [-0.25, -0.2) is 4.98 Å². The number of nitrogens with one attached hydrogen (secondary N) is 2. The number of aryl methyl sites for hydroxylation is 1. The molecule has 0 saturated carbocycles. The molecule has 2 heterocycles. The van der Waals surface area contributed by atoms with E-state index in [0.717, 1.165) is 36.6 Å². The molecule has 8 heteroatoms. The van der Waals surface area contributed by atoms with Gasteiger partial charge in [0.25, 0.3) is 0 Å². The number of rotatable bonds is 7. The number of halogens is 1. The number of aromatic nitrogens is 3. The van der Waals surface area contributed by atoms with Crippen molar-refractivity contribution < 1.29 is 0 Å². The second kappa shape index (κ2) is 11.7. The Balaban J connectivity index is 0.00000312. The van der Waals surface area contributed by atoms with Gasteiger partial charge in [0.15, 0.2) is 5.96 Å². The van der Waals surface area contributed by atoms with E-state index in [0.29, 0.717) is 6.54 Å². The third kappa shape index (κ3) is 7.89. The van der Waals surface area contributed by atoms with Gasteiger partial charge < -0.3 is 15.5 Å². The molecule has 1 fully saturated rings. The van der Waals surface area contributed by atoms with E-state index in [1.54, 1.807) is 18.1 Å². The first-order chi connectivity index (χ1) is 11.6. The largest absolute Gasteiger partial charge is 0.356 e. The fraction of sp³-hybridized carbons (Fsp3) is 0.824. The quantitative estimate of drug-likeness (QED) is 0.280. The van der Waals surface area contributed by atoms with E-state index >= 15 is 0 Å². The van der Waals surface area contributed by atoms with Crippen molar-refractivity contribution in [2.24, 2.45) is 23.9 Å². The van der Waals surface area contributed by atoms with E-state index in [2.05, 4.69) is 44.5 Å². The monoisotopic (exact) mass is 463 g/mol. The predicted molar refractivity (Wildman–Crippen MR) is 113 cm³/mol. The van der Waals surface area contributed by atoms with Crippen molar-refractivity contribution in [2.45, 2.75) is 39.7 Å². The third-order valence-electron chi connectivity index (χ3n) is 4.58. The normalized spacial score (nSPS) is 21.7. The number of likely N-dealkylation sites (tertiary alicyclic amines) is 1. The van der Waals surface area contributed by atoms with Gasteiger partial charge in [0.2, 0.25) is 0 Å². The van der Waals surface area contributed by atoms with Gasteiger partial charge in [0, 0.05) is 33.7 Å². The van der Waals surface area contributed by atoms with Crippen LogP contribution in [0.1, 0.15) is 38.9 Å². The zero-order valence-corrected chi connectivity index (χ0v) is 18.4. The molecule has 2 rings (SSSR count). The van der Waals surface area contributed by atoms with Crippen molar-refractivity contribution in [3.05, 3.63) is 12.2 Å². The molecular formula is C17H34IN7. The summed E-state index contributed by atoms with van der Waals surface area (Å²) in [5.74, 6) is 3.40. The lowest BCUT2D eigenvalue weighted by Gasteiger charge is -2.34. The first-order valence-corrected chi connectivity index (χ1v) is 9.08. The van der Waals surface area contributed by atoms with Crippen molar-refractivity contribution in [3.63, 3.8) is 0 Å². The Morgan fingerprint density at radius 2 is 1.96 bits per heavy atom. The van der Waals surface area contributed by atoms with Crippen LogP contribution >= 0.6 is 24.0 Å². The van der Waals surface area contributed by atoms with Gasteiger partial charge in [-0.3, -0.25) is 9.67 Å². The summed E-state index contributed by atoms with van der Waals surface area (Å²) in [6, 6.07) is 0. The SMILES string of the molecule is CN=C(NCCCCN1CC(C)CC(C)C1)NCc1ncnn1C.I. The standard InChI is InChI=1S/C17H33N7.HI/c1-14-9-15(2)12-24(11-14)8-6-5-7-19-17(18-3)20-10-16-21-13-22-23(16)4;/h13-15H,5-12H2,1-4H3,(H2,18,19,20);1H. The van der Waals surface area contributed by atoms with Crippen LogP contribution in [-0.2, 0) is 13.6 Å². The molecule has 1 saturated heterocycles. The van der Waals surface area contributed by atoms with Crippen molar-refractivity contribution >= 4 is 29.9 Å². The van der Waals surface area contributed by atoms with Crippen LogP contribution in [0.2, 0.25) is 0 Å². The maximum atomic E-state index is 4.25. The zero-order valence-electron chi connectivity index (χ0n) is 16.0. The summed E-state index contributed by atoms with van der Waals surface area (Å²) in [6.07, 6.45) is 5.33. The van der Waals surface area contributed by atoms with E-state index in [4.69, 9.17) is 0 Å². The number of hydrogen-bond donors (Lipinski definition) is 2. The number of piperidine rings is 1. The average molecular weight is 463 g/mol.